The van der Waals surface area contributed by atoms with Crippen molar-refractivity contribution in [3.63, 3.8) is 0 Å². The number of halogens is 2. The van der Waals surface area contributed by atoms with Gasteiger partial charge in [0.25, 0.3) is 0 Å². The molecule has 0 atom stereocenters. The molecule has 134 valence electrons. The highest BCUT2D eigenvalue weighted by Gasteiger charge is 2.24. The minimum Gasteiger partial charge on any atom is -0.325 e. The fourth-order valence-corrected chi connectivity index (χ4v) is 4.20. The summed E-state index contributed by atoms with van der Waals surface area (Å²) in [6.45, 7) is 2.90. The molecule has 1 fully saturated rings. The van der Waals surface area contributed by atoms with E-state index in [4.69, 9.17) is 23.2 Å². The number of amides is 1. The number of nitrogens with one attached hydrogen (secondary N) is 1. The van der Waals surface area contributed by atoms with Gasteiger partial charge in [0.15, 0.2) is 5.16 Å². The van der Waals surface area contributed by atoms with Crippen molar-refractivity contribution >= 4 is 46.6 Å². The normalized spacial score (nSPS) is 14.8. The van der Waals surface area contributed by atoms with Crippen LogP contribution in [0.3, 0.4) is 0 Å². The molecule has 0 bridgehead atoms. The topological polar surface area (TPSA) is 59.8 Å². The molecule has 0 aliphatic heterocycles. The third kappa shape index (κ3) is 4.49. The van der Waals surface area contributed by atoms with Gasteiger partial charge in [-0.1, -0.05) is 47.8 Å². The van der Waals surface area contributed by atoms with Crippen molar-refractivity contribution in [1.82, 2.24) is 14.8 Å². The fraction of sp³-hybridized carbons (Fsp3) is 0.471. The summed E-state index contributed by atoms with van der Waals surface area (Å²) in [6.07, 6.45) is 4.88. The molecule has 3 rings (SSSR count). The number of hydrogen-bond donors (Lipinski definition) is 1. The number of anilines is 1. The molecule has 2 aromatic rings. The lowest BCUT2D eigenvalue weighted by Crippen LogP contribution is -2.15. The van der Waals surface area contributed by atoms with E-state index in [1.165, 1.54) is 37.4 Å². The third-order valence-electron chi connectivity index (χ3n) is 4.32. The van der Waals surface area contributed by atoms with Crippen LogP contribution in [0.2, 0.25) is 10.0 Å². The zero-order chi connectivity index (χ0) is 17.8. The maximum Gasteiger partial charge on any atom is 0.234 e. The Balaban J connectivity index is 1.61. The molecule has 1 aromatic heterocycles. The van der Waals surface area contributed by atoms with Crippen molar-refractivity contribution in [3.05, 3.63) is 34.1 Å². The Morgan fingerprint density at radius 1 is 1.28 bits per heavy atom. The molecule has 1 aromatic carbocycles. The first-order valence-electron chi connectivity index (χ1n) is 8.39. The van der Waals surface area contributed by atoms with Crippen LogP contribution in [0, 0.1) is 0 Å². The number of benzene rings is 1. The average Bonchev–Trinajstić information content (AvgIpc) is 3.24. The minimum absolute atomic E-state index is 0.114. The Bertz CT molecular complexity index is 759. The SMILES string of the molecule is CCn1c(SCC(=O)Nc2ccc(Cl)c(Cl)c2)nnc1C1CCCC1. The molecule has 1 saturated carbocycles. The number of carbonyl (C=O) groups is 1. The van der Waals surface area contributed by atoms with Crippen LogP contribution in [-0.2, 0) is 11.3 Å². The maximum absolute atomic E-state index is 12.2. The molecule has 0 spiro atoms. The Hall–Kier alpha value is -1.24. The van der Waals surface area contributed by atoms with Gasteiger partial charge in [-0.15, -0.1) is 10.2 Å². The monoisotopic (exact) mass is 398 g/mol. The average molecular weight is 399 g/mol. The van der Waals surface area contributed by atoms with E-state index in [0.29, 0.717) is 21.7 Å². The summed E-state index contributed by atoms with van der Waals surface area (Å²) >= 11 is 13.3. The first-order valence-corrected chi connectivity index (χ1v) is 10.1. The Morgan fingerprint density at radius 2 is 2.04 bits per heavy atom. The number of hydrogen-bond acceptors (Lipinski definition) is 4. The number of rotatable bonds is 6. The third-order valence-corrected chi connectivity index (χ3v) is 6.02. The minimum atomic E-state index is -0.114. The highest BCUT2D eigenvalue weighted by Crippen LogP contribution is 2.34. The highest BCUT2D eigenvalue weighted by molar-refractivity contribution is 7.99. The van der Waals surface area contributed by atoms with Crippen molar-refractivity contribution in [1.29, 1.82) is 0 Å². The van der Waals surface area contributed by atoms with E-state index in [2.05, 4.69) is 27.0 Å². The second kappa shape index (κ2) is 8.43. The maximum atomic E-state index is 12.2. The molecule has 1 aliphatic carbocycles. The molecule has 8 heteroatoms. The molecule has 25 heavy (non-hydrogen) atoms. The summed E-state index contributed by atoms with van der Waals surface area (Å²) in [5.41, 5.74) is 0.628. The van der Waals surface area contributed by atoms with Crippen LogP contribution in [0.25, 0.3) is 0 Å². The Labute approximate surface area is 161 Å². The van der Waals surface area contributed by atoms with Crippen molar-refractivity contribution in [2.24, 2.45) is 0 Å². The highest BCUT2D eigenvalue weighted by atomic mass is 35.5. The summed E-state index contributed by atoms with van der Waals surface area (Å²) in [5.74, 6) is 1.72. The van der Waals surface area contributed by atoms with Gasteiger partial charge in [-0.05, 0) is 38.0 Å². The van der Waals surface area contributed by atoms with Crippen molar-refractivity contribution in [3.8, 4) is 0 Å². The summed E-state index contributed by atoms with van der Waals surface area (Å²) in [7, 11) is 0. The van der Waals surface area contributed by atoms with Gasteiger partial charge >= 0.3 is 0 Å². The quantitative estimate of drug-likeness (QED) is 0.695. The van der Waals surface area contributed by atoms with E-state index in [9.17, 15) is 4.79 Å². The molecule has 0 radical (unpaired) electrons. The fourth-order valence-electron chi connectivity index (χ4n) is 3.09. The summed E-state index contributed by atoms with van der Waals surface area (Å²) in [5, 5.41) is 13.2. The van der Waals surface area contributed by atoms with Gasteiger partial charge < -0.3 is 9.88 Å². The van der Waals surface area contributed by atoms with E-state index in [1.807, 2.05) is 0 Å². The second-order valence-electron chi connectivity index (χ2n) is 6.03. The van der Waals surface area contributed by atoms with Crippen LogP contribution in [0.1, 0.15) is 44.3 Å². The van der Waals surface area contributed by atoms with Gasteiger partial charge in [-0.25, -0.2) is 0 Å². The summed E-state index contributed by atoms with van der Waals surface area (Å²) in [6, 6.07) is 5.02. The van der Waals surface area contributed by atoms with Crippen molar-refractivity contribution in [2.75, 3.05) is 11.1 Å². The number of nitrogens with zero attached hydrogens (tertiary/aromatic N) is 3. The zero-order valence-corrected chi connectivity index (χ0v) is 16.3. The van der Waals surface area contributed by atoms with Crippen LogP contribution in [-0.4, -0.2) is 26.4 Å². The van der Waals surface area contributed by atoms with Crippen LogP contribution < -0.4 is 5.32 Å². The summed E-state index contributed by atoms with van der Waals surface area (Å²) < 4.78 is 2.13. The molecular formula is C17H20Cl2N4OS. The van der Waals surface area contributed by atoms with E-state index in [1.54, 1.807) is 18.2 Å². The molecule has 1 aliphatic rings. The van der Waals surface area contributed by atoms with Crippen LogP contribution in [0.15, 0.2) is 23.4 Å². The van der Waals surface area contributed by atoms with E-state index in [0.717, 1.165) is 17.5 Å². The van der Waals surface area contributed by atoms with Crippen LogP contribution in [0.5, 0.6) is 0 Å². The van der Waals surface area contributed by atoms with Gasteiger partial charge in [0.1, 0.15) is 5.82 Å². The van der Waals surface area contributed by atoms with Crippen molar-refractivity contribution < 1.29 is 4.79 Å². The second-order valence-corrected chi connectivity index (χ2v) is 7.79. The Kier molecular flexibility index (Phi) is 6.25. The smallest absolute Gasteiger partial charge is 0.234 e. The van der Waals surface area contributed by atoms with Gasteiger partial charge in [0.2, 0.25) is 5.91 Å². The molecule has 5 nitrogen and oxygen atoms in total. The lowest BCUT2D eigenvalue weighted by molar-refractivity contribution is -0.113. The first-order chi connectivity index (χ1) is 12.1. The van der Waals surface area contributed by atoms with Crippen LogP contribution in [0.4, 0.5) is 5.69 Å². The van der Waals surface area contributed by atoms with Gasteiger partial charge in [0.05, 0.1) is 15.8 Å². The predicted molar refractivity (Wildman–Crippen MR) is 103 cm³/mol. The van der Waals surface area contributed by atoms with E-state index >= 15 is 0 Å². The van der Waals surface area contributed by atoms with Gasteiger partial charge in [-0.2, -0.15) is 0 Å². The van der Waals surface area contributed by atoms with E-state index in [-0.39, 0.29) is 11.7 Å². The molecule has 1 amide bonds. The van der Waals surface area contributed by atoms with E-state index < -0.39 is 0 Å². The number of aromatic nitrogens is 3. The molecule has 1 N–H and O–H groups in total. The molecular weight excluding hydrogens is 379 g/mol. The number of thioether (sulfide) groups is 1. The first kappa shape index (κ1) is 18.5. The van der Waals surface area contributed by atoms with Gasteiger partial charge in [0, 0.05) is 18.2 Å². The number of carbonyl (C=O) groups excluding carboxylic acids is 1. The van der Waals surface area contributed by atoms with Crippen molar-refractivity contribution in [2.45, 2.75) is 50.2 Å². The lowest BCUT2D eigenvalue weighted by atomic mass is 10.1. The van der Waals surface area contributed by atoms with Crippen LogP contribution >= 0.6 is 35.0 Å². The predicted octanol–water partition coefficient (Wildman–Crippen LogP) is 4.99. The molecule has 0 saturated heterocycles. The lowest BCUT2D eigenvalue weighted by Gasteiger charge is -2.11. The standard InChI is InChI=1S/C17H20Cl2N4OS/c1-2-23-16(11-5-3-4-6-11)21-22-17(23)25-10-15(24)20-12-7-8-13(18)14(19)9-12/h7-9,11H,2-6,10H2,1H3,(H,20,24). The summed E-state index contributed by atoms with van der Waals surface area (Å²) in [4.78, 5) is 12.2. The Morgan fingerprint density at radius 3 is 2.72 bits per heavy atom. The molecule has 1 heterocycles. The molecule has 0 unspecified atom stereocenters. The van der Waals surface area contributed by atoms with Gasteiger partial charge in [-0.3, -0.25) is 4.79 Å². The largest absolute Gasteiger partial charge is 0.325 e. The zero-order valence-electron chi connectivity index (χ0n) is 14.0.